The van der Waals surface area contributed by atoms with Crippen molar-refractivity contribution < 1.29 is 17.9 Å². The molecule has 0 bridgehead atoms. The second kappa shape index (κ2) is 9.16. The van der Waals surface area contributed by atoms with E-state index in [0.29, 0.717) is 24.2 Å². The van der Waals surface area contributed by atoms with Crippen molar-refractivity contribution in [2.24, 2.45) is 7.05 Å². The fourth-order valence-corrected chi connectivity index (χ4v) is 3.63. The predicted octanol–water partition coefficient (Wildman–Crippen LogP) is 1.98. The third kappa shape index (κ3) is 5.19. The monoisotopic (exact) mass is 420 g/mol. The van der Waals surface area contributed by atoms with Crippen LogP contribution >= 0.6 is 0 Å². The van der Waals surface area contributed by atoms with Crippen LogP contribution in [0, 0.1) is 0 Å². The zero-order chi connectivity index (χ0) is 20.9. The van der Waals surface area contributed by atoms with Crippen LogP contribution in [0.3, 0.4) is 0 Å². The summed E-state index contributed by atoms with van der Waals surface area (Å²) < 4.78 is 40.4. The lowest BCUT2D eigenvalue weighted by molar-refractivity contribution is -0.126. The molecule has 11 heteroatoms. The quantitative estimate of drug-likeness (QED) is 0.478. The van der Waals surface area contributed by atoms with Crippen LogP contribution < -0.4 is 10.0 Å². The van der Waals surface area contributed by atoms with E-state index in [1.165, 1.54) is 17.1 Å². The highest BCUT2D eigenvalue weighted by Gasteiger charge is 2.21. The van der Waals surface area contributed by atoms with E-state index in [4.69, 9.17) is 9.47 Å². The zero-order valence-corrected chi connectivity index (χ0v) is 17.3. The van der Waals surface area contributed by atoms with Gasteiger partial charge in [0, 0.05) is 26.5 Å². The van der Waals surface area contributed by atoms with Gasteiger partial charge in [-0.05, 0) is 26.0 Å². The summed E-state index contributed by atoms with van der Waals surface area (Å²) in [5.74, 6) is 0.361. The van der Waals surface area contributed by atoms with E-state index in [0.717, 1.165) is 0 Å². The number of sulfonamides is 1. The molecule has 2 heterocycles. The number of aryl methyl sites for hydroxylation is 1. The van der Waals surface area contributed by atoms with Crippen LogP contribution in [0.2, 0.25) is 0 Å². The van der Waals surface area contributed by atoms with Crippen molar-refractivity contribution in [2.75, 3.05) is 29.8 Å². The second-order valence-corrected chi connectivity index (χ2v) is 7.77. The van der Waals surface area contributed by atoms with Crippen LogP contribution in [0.5, 0.6) is 0 Å². The molecular formula is C18H24N6O4S. The number of hydrogen-bond acceptors (Lipinski definition) is 8. The van der Waals surface area contributed by atoms with Gasteiger partial charge in [-0.2, -0.15) is 5.10 Å². The molecule has 1 aromatic carbocycles. The summed E-state index contributed by atoms with van der Waals surface area (Å²) in [5, 5.41) is 6.99. The van der Waals surface area contributed by atoms with Crippen molar-refractivity contribution in [3.05, 3.63) is 36.7 Å². The topological polar surface area (TPSA) is 120 Å². The highest BCUT2D eigenvalue weighted by molar-refractivity contribution is 7.92. The first-order chi connectivity index (χ1) is 13.9. The molecule has 3 rings (SSSR count). The third-order valence-electron chi connectivity index (χ3n) is 3.93. The molecule has 0 aliphatic heterocycles. The maximum atomic E-state index is 12.7. The van der Waals surface area contributed by atoms with Crippen LogP contribution in [0.4, 0.5) is 11.6 Å². The molecule has 0 amide bonds. The Labute approximate surface area is 169 Å². The minimum absolute atomic E-state index is 0.0300. The SMILES string of the molecule is CCOC(CNc1nc2ccccc2nc1NS(=O)(=O)c1cnn(C)c1)OCC. The lowest BCUT2D eigenvalue weighted by Crippen LogP contribution is -2.27. The Morgan fingerprint density at radius 3 is 2.24 bits per heavy atom. The summed E-state index contributed by atoms with van der Waals surface area (Å²) in [6.45, 7) is 4.98. The minimum atomic E-state index is -3.88. The van der Waals surface area contributed by atoms with Gasteiger partial charge < -0.3 is 14.8 Å². The first-order valence-corrected chi connectivity index (χ1v) is 10.7. The number of benzene rings is 1. The average Bonchev–Trinajstić information content (AvgIpc) is 3.13. The largest absolute Gasteiger partial charge is 0.362 e. The van der Waals surface area contributed by atoms with Crippen molar-refractivity contribution in [3.8, 4) is 0 Å². The van der Waals surface area contributed by atoms with Gasteiger partial charge in [0.15, 0.2) is 17.9 Å². The number of nitrogens with zero attached hydrogens (tertiary/aromatic N) is 4. The summed E-state index contributed by atoms with van der Waals surface area (Å²) in [6.07, 6.45) is 2.18. The molecule has 0 unspecified atom stereocenters. The molecular weight excluding hydrogens is 396 g/mol. The maximum absolute atomic E-state index is 12.7. The van der Waals surface area contributed by atoms with Gasteiger partial charge in [0.25, 0.3) is 10.0 Å². The van der Waals surface area contributed by atoms with E-state index in [2.05, 4.69) is 25.1 Å². The first kappa shape index (κ1) is 21.0. The molecule has 156 valence electrons. The number of para-hydroxylation sites is 2. The maximum Gasteiger partial charge on any atom is 0.266 e. The van der Waals surface area contributed by atoms with Crippen LogP contribution in [0.15, 0.2) is 41.6 Å². The van der Waals surface area contributed by atoms with Crippen molar-refractivity contribution in [1.29, 1.82) is 0 Å². The number of ether oxygens (including phenoxy) is 2. The van der Waals surface area contributed by atoms with Crippen molar-refractivity contribution in [1.82, 2.24) is 19.7 Å². The smallest absolute Gasteiger partial charge is 0.266 e. The van der Waals surface area contributed by atoms with Crippen LogP contribution in [0.1, 0.15) is 13.8 Å². The number of rotatable bonds is 10. The van der Waals surface area contributed by atoms with Gasteiger partial charge in [0.2, 0.25) is 0 Å². The van der Waals surface area contributed by atoms with Crippen molar-refractivity contribution in [2.45, 2.75) is 25.0 Å². The highest BCUT2D eigenvalue weighted by Crippen LogP contribution is 2.24. The fourth-order valence-electron chi connectivity index (χ4n) is 2.64. The minimum Gasteiger partial charge on any atom is -0.362 e. The molecule has 2 aromatic heterocycles. The molecule has 3 aromatic rings. The Morgan fingerprint density at radius 2 is 1.69 bits per heavy atom. The Bertz CT molecular complexity index is 1060. The van der Waals surface area contributed by atoms with Gasteiger partial charge in [-0.15, -0.1) is 0 Å². The van der Waals surface area contributed by atoms with E-state index in [1.807, 2.05) is 26.0 Å². The van der Waals surface area contributed by atoms with E-state index >= 15 is 0 Å². The molecule has 0 aliphatic carbocycles. The predicted molar refractivity (Wildman–Crippen MR) is 109 cm³/mol. The number of hydrogen-bond donors (Lipinski definition) is 2. The highest BCUT2D eigenvalue weighted by atomic mass is 32.2. The van der Waals surface area contributed by atoms with Gasteiger partial charge in [-0.3, -0.25) is 9.40 Å². The summed E-state index contributed by atoms with van der Waals surface area (Å²) in [5.41, 5.74) is 1.19. The molecule has 29 heavy (non-hydrogen) atoms. The zero-order valence-electron chi connectivity index (χ0n) is 16.5. The molecule has 0 saturated carbocycles. The second-order valence-electron chi connectivity index (χ2n) is 6.09. The van der Waals surface area contributed by atoms with Crippen LogP contribution in [-0.4, -0.2) is 54.2 Å². The van der Waals surface area contributed by atoms with Gasteiger partial charge >= 0.3 is 0 Å². The Balaban J connectivity index is 1.92. The molecule has 0 radical (unpaired) electrons. The Kier molecular flexibility index (Phi) is 6.62. The summed E-state index contributed by atoms with van der Waals surface area (Å²) in [6, 6.07) is 7.21. The molecule has 0 atom stereocenters. The summed E-state index contributed by atoms with van der Waals surface area (Å²) in [7, 11) is -2.24. The van der Waals surface area contributed by atoms with Crippen LogP contribution in [-0.2, 0) is 26.5 Å². The molecule has 0 aliphatic rings. The summed E-state index contributed by atoms with van der Waals surface area (Å²) >= 11 is 0. The van der Waals surface area contributed by atoms with Gasteiger partial charge in [-0.1, -0.05) is 12.1 Å². The van der Waals surface area contributed by atoms with Crippen molar-refractivity contribution >= 4 is 32.7 Å². The van der Waals surface area contributed by atoms with E-state index in [-0.39, 0.29) is 23.1 Å². The molecule has 0 saturated heterocycles. The van der Waals surface area contributed by atoms with Crippen molar-refractivity contribution in [3.63, 3.8) is 0 Å². The first-order valence-electron chi connectivity index (χ1n) is 9.18. The normalized spacial score (nSPS) is 11.9. The fraction of sp³-hybridized carbons (Fsp3) is 0.389. The molecule has 0 spiro atoms. The third-order valence-corrected chi connectivity index (χ3v) is 5.23. The van der Waals surface area contributed by atoms with E-state index in [1.54, 1.807) is 19.2 Å². The lowest BCUT2D eigenvalue weighted by Gasteiger charge is -2.19. The van der Waals surface area contributed by atoms with Gasteiger partial charge in [0.1, 0.15) is 4.90 Å². The Hall–Kier alpha value is -2.76. The standard InChI is InChI=1S/C18H24N6O4S/c1-4-27-16(28-5-2)11-19-17-18(22-15-9-7-6-8-14(15)21-17)23-29(25,26)13-10-20-24(3)12-13/h6-10,12,16H,4-5,11H2,1-3H3,(H,19,21)(H,22,23). The Morgan fingerprint density at radius 1 is 1.07 bits per heavy atom. The van der Waals surface area contributed by atoms with Crippen LogP contribution in [0.25, 0.3) is 11.0 Å². The molecule has 10 nitrogen and oxygen atoms in total. The van der Waals surface area contributed by atoms with E-state index < -0.39 is 16.3 Å². The number of anilines is 2. The van der Waals surface area contributed by atoms with E-state index in [9.17, 15) is 8.42 Å². The summed E-state index contributed by atoms with van der Waals surface area (Å²) in [4.78, 5) is 8.99. The number of aromatic nitrogens is 4. The number of nitrogens with one attached hydrogen (secondary N) is 2. The van der Waals surface area contributed by atoms with Gasteiger partial charge in [0.05, 0.1) is 23.8 Å². The molecule has 2 N–H and O–H groups in total. The molecule has 0 fully saturated rings. The van der Waals surface area contributed by atoms with Gasteiger partial charge in [-0.25, -0.2) is 18.4 Å². The lowest BCUT2D eigenvalue weighted by atomic mass is 10.3. The number of fused-ring (bicyclic) bond motifs is 1. The average molecular weight is 420 g/mol.